The summed E-state index contributed by atoms with van der Waals surface area (Å²) in [5.74, 6) is 0. The molecule has 108 valence electrons. The zero-order valence-corrected chi connectivity index (χ0v) is 11.8. The maximum Gasteiger partial charge on any atom is 0.324 e. The van der Waals surface area contributed by atoms with Gasteiger partial charge in [-0.1, -0.05) is 6.07 Å². The van der Waals surface area contributed by atoms with Crippen molar-refractivity contribution in [3.63, 3.8) is 0 Å². The van der Waals surface area contributed by atoms with Gasteiger partial charge >= 0.3 is 6.03 Å². The van der Waals surface area contributed by atoms with E-state index in [2.05, 4.69) is 4.98 Å². The third kappa shape index (κ3) is 2.97. The van der Waals surface area contributed by atoms with Gasteiger partial charge in [0.2, 0.25) is 0 Å². The van der Waals surface area contributed by atoms with Gasteiger partial charge in [0.1, 0.15) is 0 Å². The first-order chi connectivity index (χ1) is 10.2. The Morgan fingerprint density at radius 2 is 1.95 bits per heavy atom. The molecule has 21 heavy (non-hydrogen) atoms. The van der Waals surface area contributed by atoms with E-state index >= 15 is 0 Å². The largest absolute Gasteiger partial charge is 0.399 e. The smallest absolute Gasteiger partial charge is 0.324 e. The van der Waals surface area contributed by atoms with Crippen molar-refractivity contribution in [1.82, 2.24) is 9.88 Å². The van der Waals surface area contributed by atoms with E-state index in [1.807, 2.05) is 47.5 Å². The number of aromatic nitrogens is 1. The molecule has 1 aliphatic rings. The molecule has 0 spiro atoms. The second-order valence-corrected chi connectivity index (χ2v) is 5.12. The standard InChI is InChI=1S/C16H18N4O/c17-14-3-5-15(6-4-14)20-11-10-19(16(20)21)9-7-13-2-1-8-18-12-13/h1-6,8,12H,7,9-11,17H2. The number of anilines is 2. The number of nitrogen functional groups attached to an aromatic ring is 1. The van der Waals surface area contributed by atoms with Crippen LogP contribution in [0.1, 0.15) is 5.56 Å². The molecule has 1 fully saturated rings. The molecule has 2 aromatic rings. The average Bonchev–Trinajstić information content (AvgIpc) is 2.88. The summed E-state index contributed by atoms with van der Waals surface area (Å²) in [6.07, 6.45) is 4.43. The summed E-state index contributed by atoms with van der Waals surface area (Å²) in [6.45, 7) is 2.19. The van der Waals surface area contributed by atoms with E-state index in [0.717, 1.165) is 37.3 Å². The normalized spacial score (nSPS) is 14.8. The van der Waals surface area contributed by atoms with Gasteiger partial charge in [0, 0.05) is 43.4 Å². The average molecular weight is 282 g/mol. The fourth-order valence-electron chi connectivity index (χ4n) is 2.49. The molecule has 0 radical (unpaired) electrons. The highest BCUT2D eigenvalue weighted by Gasteiger charge is 2.28. The molecule has 5 nitrogen and oxygen atoms in total. The van der Waals surface area contributed by atoms with E-state index in [0.29, 0.717) is 5.69 Å². The summed E-state index contributed by atoms with van der Waals surface area (Å²) in [4.78, 5) is 20.2. The van der Waals surface area contributed by atoms with Crippen molar-refractivity contribution in [1.29, 1.82) is 0 Å². The maximum absolute atomic E-state index is 12.4. The first kappa shape index (κ1) is 13.4. The molecule has 0 bridgehead atoms. The number of urea groups is 1. The first-order valence-electron chi connectivity index (χ1n) is 7.05. The zero-order chi connectivity index (χ0) is 14.7. The van der Waals surface area contributed by atoms with Gasteiger partial charge in [-0.25, -0.2) is 4.79 Å². The third-order valence-electron chi connectivity index (χ3n) is 3.69. The second kappa shape index (κ2) is 5.83. The monoisotopic (exact) mass is 282 g/mol. The number of rotatable bonds is 4. The van der Waals surface area contributed by atoms with Gasteiger partial charge in [0.05, 0.1) is 0 Å². The molecule has 0 aliphatic carbocycles. The highest BCUT2D eigenvalue weighted by atomic mass is 16.2. The Labute approximate surface area is 124 Å². The van der Waals surface area contributed by atoms with Crippen molar-refractivity contribution in [2.45, 2.75) is 6.42 Å². The van der Waals surface area contributed by atoms with Crippen LogP contribution in [0.5, 0.6) is 0 Å². The Bertz CT molecular complexity index is 612. The molecule has 2 N–H and O–H groups in total. The van der Waals surface area contributed by atoms with Gasteiger partial charge < -0.3 is 10.6 Å². The molecule has 0 saturated carbocycles. The van der Waals surface area contributed by atoms with E-state index in [1.54, 1.807) is 11.1 Å². The number of hydrogen-bond donors (Lipinski definition) is 1. The Kier molecular flexibility index (Phi) is 3.73. The van der Waals surface area contributed by atoms with Crippen molar-refractivity contribution in [3.05, 3.63) is 54.4 Å². The number of benzene rings is 1. The molecule has 1 aromatic carbocycles. The van der Waals surface area contributed by atoms with Gasteiger partial charge in [-0.15, -0.1) is 0 Å². The van der Waals surface area contributed by atoms with Crippen LogP contribution in [0, 0.1) is 0 Å². The number of nitrogens with two attached hydrogens (primary N) is 1. The molecule has 2 amide bonds. The molecule has 0 unspecified atom stereocenters. The summed E-state index contributed by atoms with van der Waals surface area (Å²) < 4.78 is 0. The lowest BCUT2D eigenvalue weighted by molar-refractivity contribution is 0.221. The summed E-state index contributed by atoms with van der Waals surface area (Å²) >= 11 is 0. The van der Waals surface area contributed by atoms with Crippen molar-refractivity contribution in [2.75, 3.05) is 30.3 Å². The van der Waals surface area contributed by atoms with Gasteiger partial charge in [-0.2, -0.15) is 0 Å². The first-order valence-corrected chi connectivity index (χ1v) is 7.05. The highest BCUT2D eigenvalue weighted by molar-refractivity contribution is 5.94. The molecular weight excluding hydrogens is 264 g/mol. The van der Waals surface area contributed by atoms with Crippen LogP contribution in [0.4, 0.5) is 16.2 Å². The van der Waals surface area contributed by atoms with E-state index in [4.69, 9.17) is 5.73 Å². The molecule has 1 saturated heterocycles. The lowest BCUT2D eigenvalue weighted by Crippen LogP contribution is -2.33. The minimum absolute atomic E-state index is 0.0589. The molecular formula is C16H18N4O. The Morgan fingerprint density at radius 1 is 1.14 bits per heavy atom. The Hall–Kier alpha value is -2.56. The van der Waals surface area contributed by atoms with E-state index in [-0.39, 0.29) is 6.03 Å². The quantitative estimate of drug-likeness (QED) is 0.874. The van der Waals surface area contributed by atoms with E-state index < -0.39 is 0 Å². The lowest BCUT2D eigenvalue weighted by atomic mass is 10.2. The molecule has 2 heterocycles. The molecule has 1 aromatic heterocycles. The number of nitrogens with zero attached hydrogens (tertiary/aromatic N) is 3. The van der Waals surface area contributed by atoms with Crippen LogP contribution >= 0.6 is 0 Å². The topological polar surface area (TPSA) is 62.5 Å². The minimum Gasteiger partial charge on any atom is -0.399 e. The number of hydrogen-bond acceptors (Lipinski definition) is 3. The number of carbonyl (C=O) groups is 1. The van der Waals surface area contributed by atoms with E-state index in [1.165, 1.54) is 0 Å². The molecule has 1 aliphatic heterocycles. The molecule has 0 atom stereocenters. The van der Waals surface area contributed by atoms with Gasteiger partial charge in [-0.3, -0.25) is 9.88 Å². The lowest BCUT2D eigenvalue weighted by Gasteiger charge is -2.18. The summed E-state index contributed by atoms with van der Waals surface area (Å²) in [5, 5.41) is 0. The molecule has 3 rings (SSSR count). The molecule has 5 heteroatoms. The third-order valence-corrected chi connectivity index (χ3v) is 3.69. The number of pyridine rings is 1. The van der Waals surface area contributed by atoms with Crippen LogP contribution < -0.4 is 10.6 Å². The van der Waals surface area contributed by atoms with Gasteiger partial charge in [0.25, 0.3) is 0 Å². The fourth-order valence-corrected chi connectivity index (χ4v) is 2.49. The van der Waals surface area contributed by atoms with Gasteiger partial charge in [-0.05, 0) is 42.3 Å². The highest BCUT2D eigenvalue weighted by Crippen LogP contribution is 2.21. The second-order valence-electron chi connectivity index (χ2n) is 5.12. The van der Waals surface area contributed by atoms with Crippen molar-refractivity contribution in [3.8, 4) is 0 Å². The van der Waals surface area contributed by atoms with Gasteiger partial charge in [0.15, 0.2) is 0 Å². The Morgan fingerprint density at radius 3 is 2.67 bits per heavy atom. The fraction of sp³-hybridized carbons (Fsp3) is 0.250. The van der Waals surface area contributed by atoms with E-state index in [9.17, 15) is 4.79 Å². The summed E-state index contributed by atoms with van der Waals surface area (Å²) in [5.41, 5.74) is 8.44. The van der Waals surface area contributed by atoms with Crippen LogP contribution in [0.3, 0.4) is 0 Å². The van der Waals surface area contributed by atoms with Crippen LogP contribution in [-0.4, -0.2) is 35.5 Å². The zero-order valence-electron chi connectivity index (χ0n) is 11.8. The Balaban J connectivity index is 1.62. The predicted molar refractivity (Wildman–Crippen MR) is 83.1 cm³/mol. The predicted octanol–water partition coefficient (Wildman–Crippen LogP) is 2.15. The van der Waals surface area contributed by atoms with Crippen LogP contribution in [0.2, 0.25) is 0 Å². The van der Waals surface area contributed by atoms with Crippen LogP contribution in [-0.2, 0) is 6.42 Å². The maximum atomic E-state index is 12.4. The van der Waals surface area contributed by atoms with Crippen LogP contribution in [0.25, 0.3) is 0 Å². The summed E-state index contributed by atoms with van der Waals surface area (Å²) in [7, 11) is 0. The van der Waals surface area contributed by atoms with Crippen molar-refractivity contribution < 1.29 is 4.79 Å². The minimum atomic E-state index is 0.0589. The van der Waals surface area contributed by atoms with Crippen molar-refractivity contribution >= 4 is 17.4 Å². The number of amides is 2. The van der Waals surface area contributed by atoms with Crippen molar-refractivity contribution in [2.24, 2.45) is 0 Å². The SMILES string of the molecule is Nc1ccc(N2CCN(CCc3cccnc3)C2=O)cc1. The summed E-state index contributed by atoms with van der Waals surface area (Å²) in [6, 6.07) is 11.4. The number of carbonyl (C=O) groups excluding carboxylic acids is 1. The van der Waals surface area contributed by atoms with Crippen LogP contribution in [0.15, 0.2) is 48.8 Å².